The van der Waals surface area contributed by atoms with Crippen molar-refractivity contribution in [3.05, 3.63) is 35.9 Å². The second-order valence-electron chi connectivity index (χ2n) is 4.72. The molecule has 1 rings (SSSR count). The first-order valence-corrected chi connectivity index (χ1v) is 5.77. The summed E-state index contributed by atoms with van der Waals surface area (Å²) in [5.74, 6) is -0.0173. The summed E-state index contributed by atoms with van der Waals surface area (Å²) in [5, 5.41) is 0. The zero-order valence-electron chi connectivity index (χ0n) is 11.2. The van der Waals surface area contributed by atoms with Gasteiger partial charge >= 0.3 is 0 Å². The number of amides is 1. The molecule has 0 aliphatic carbocycles. The maximum atomic E-state index is 12.2. The second-order valence-corrected chi connectivity index (χ2v) is 4.72. The van der Waals surface area contributed by atoms with Crippen molar-refractivity contribution in [1.29, 1.82) is 0 Å². The molecular weight excluding hydrogens is 214 g/mol. The highest BCUT2D eigenvalue weighted by atomic mass is 16.5. The molecule has 1 aromatic rings. The number of ether oxygens (including phenoxy) is 1. The largest absolute Gasteiger partial charge is 0.369 e. The Morgan fingerprint density at radius 1 is 1.29 bits per heavy atom. The van der Waals surface area contributed by atoms with E-state index in [0.29, 0.717) is 0 Å². The monoisotopic (exact) mass is 235 g/mol. The molecule has 3 nitrogen and oxygen atoms in total. The van der Waals surface area contributed by atoms with Gasteiger partial charge in [-0.3, -0.25) is 4.79 Å². The van der Waals surface area contributed by atoms with E-state index >= 15 is 0 Å². The predicted molar refractivity (Wildman–Crippen MR) is 68.7 cm³/mol. The Hall–Kier alpha value is -1.35. The molecule has 0 saturated heterocycles. The minimum atomic E-state index is -0.780. The molecule has 0 fully saturated rings. The average molecular weight is 235 g/mol. The summed E-state index contributed by atoms with van der Waals surface area (Å²) in [6.07, 6.45) is 0. The molecule has 1 aromatic carbocycles. The average Bonchev–Trinajstić information content (AvgIpc) is 2.37. The van der Waals surface area contributed by atoms with E-state index in [1.165, 1.54) is 0 Å². The lowest BCUT2D eigenvalue weighted by atomic mass is 10.0. The minimum absolute atomic E-state index is 0.0173. The SMILES string of the molecule is COC(C)(C)C(=O)N(C)C(C)c1ccccc1. The fourth-order valence-electron chi connectivity index (χ4n) is 1.64. The van der Waals surface area contributed by atoms with Crippen LogP contribution in [0.5, 0.6) is 0 Å². The second kappa shape index (κ2) is 5.32. The third kappa shape index (κ3) is 3.07. The van der Waals surface area contributed by atoms with Crippen molar-refractivity contribution in [3.63, 3.8) is 0 Å². The molecule has 17 heavy (non-hydrogen) atoms. The molecule has 0 N–H and O–H groups in total. The van der Waals surface area contributed by atoms with Crippen LogP contribution in [0.4, 0.5) is 0 Å². The van der Waals surface area contributed by atoms with Gasteiger partial charge in [0.05, 0.1) is 6.04 Å². The number of benzene rings is 1. The lowest BCUT2D eigenvalue weighted by molar-refractivity contribution is -0.151. The molecule has 94 valence electrons. The molecule has 0 radical (unpaired) electrons. The van der Waals surface area contributed by atoms with E-state index in [4.69, 9.17) is 4.74 Å². The Labute approximate surface area is 103 Å². The molecule has 0 spiro atoms. The van der Waals surface area contributed by atoms with Gasteiger partial charge in [-0.15, -0.1) is 0 Å². The van der Waals surface area contributed by atoms with Crippen molar-refractivity contribution in [1.82, 2.24) is 4.90 Å². The van der Waals surface area contributed by atoms with Gasteiger partial charge in [0.15, 0.2) is 0 Å². The highest BCUT2D eigenvalue weighted by Gasteiger charge is 2.32. The van der Waals surface area contributed by atoms with Gasteiger partial charge in [0, 0.05) is 14.2 Å². The van der Waals surface area contributed by atoms with Gasteiger partial charge < -0.3 is 9.64 Å². The van der Waals surface area contributed by atoms with Gasteiger partial charge in [-0.1, -0.05) is 30.3 Å². The third-order valence-corrected chi connectivity index (χ3v) is 3.21. The molecule has 1 unspecified atom stereocenters. The lowest BCUT2D eigenvalue weighted by Gasteiger charge is -2.32. The van der Waals surface area contributed by atoms with E-state index in [9.17, 15) is 4.79 Å². The number of nitrogens with zero attached hydrogens (tertiary/aromatic N) is 1. The maximum absolute atomic E-state index is 12.2. The van der Waals surface area contributed by atoms with Crippen LogP contribution in [-0.2, 0) is 9.53 Å². The Kier molecular flexibility index (Phi) is 4.29. The Morgan fingerprint density at radius 3 is 2.29 bits per heavy atom. The van der Waals surface area contributed by atoms with Gasteiger partial charge in [-0.2, -0.15) is 0 Å². The smallest absolute Gasteiger partial charge is 0.254 e. The number of rotatable bonds is 4. The van der Waals surface area contributed by atoms with Crippen molar-refractivity contribution < 1.29 is 9.53 Å². The van der Waals surface area contributed by atoms with Crippen molar-refractivity contribution in [2.45, 2.75) is 32.4 Å². The zero-order valence-corrected chi connectivity index (χ0v) is 11.2. The molecule has 1 atom stereocenters. The molecule has 1 amide bonds. The highest BCUT2D eigenvalue weighted by molar-refractivity contribution is 5.84. The predicted octanol–water partition coefficient (Wildman–Crippen LogP) is 2.63. The van der Waals surface area contributed by atoms with E-state index in [2.05, 4.69) is 0 Å². The number of methoxy groups -OCH3 is 1. The van der Waals surface area contributed by atoms with Crippen LogP contribution in [0.15, 0.2) is 30.3 Å². The summed E-state index contributed by atoms with van der Waals surface area (Å²) < 4.78 is 5.22. The van der Waals surface area contributed by atoms with E-state index in [1.54, 1.807) is 32.9 Å². The summed E-state index contributed by atoms with van der Waals surface area (Å²) >= 11 is 0. The molecule has 0 saturated carbocycles. The molecule has 0 bridgehead atoms. The van der Waals surface area contributed by atoms with Crippen LogP contribution in [0.1, 0.15) is 32.4 Å². The number of carbonyl (C=O) groups is 1. The molecular formula is C14H21NO2. The van der Waals surface area contributed by atoms with Gasteiger partial charge in [0.1, 0.15) is 5.60 Å². The normalized spacial score (nSPS) is 13.2. The number of carbonyl (C=O) groups excluding carboxylic acids is 1. The van der Waals surface area contributed by atoms with Crippen LogP contribution in [0.3, 0.4) is 0 Å². The zero-order chi connectivity index (χ0) is 13.1. The summed E-state index contributed by atoms with van der Waals surface area (Å²) in [6, 6.07) is 10.0. The summed E-state index contributed by atoms with van der Waals surface area (Å²) in [4.78, 5) is 13.9. The van der Waals surface area contributed by atoms with Crippen molar-refractivity contribution >= 4 is 5.91 Å². The topological polar surface area (TPSA) is 29.5 Å². The number of hydrogen-bond acceptors (Lipinski definition) is 2. The number of hydrogen-bond donors (Lipinski definition) is 0. The van der Waals surface area contributed by atoms with E-state index in [-0.39, 0.29) is 11.9 Å². The van der Waals surface area contributed by atoms with Gasteiger partial charge in [-0.05, 0) is 26.3 Å². The third-order valence-electron chi connectivity index (χ3n) is 3.21. The van der Waals surface area contributed by atoms with Gasteiger partial charge in [0.25, 0.3) is 5.91 Å². The first-order chi connectivity index (χ1) is 7.90. The molecule has 0 heterocycles. The van der Waals surface area contributed by atoms with Crippen LogP contribution in [0.2, 0.25) is 0 Å². The van der Waals surface area contributed by atoms with E-state index < -0.39 is 5.60 Å². The summed E-state index contributed by atoms with van der Waals surface area (Å²) in [5.41, 5.74) is 0.341. The number of likely N-dealkylation sites (N-methyl/N-ethyl adjacent to an activating group) is 1. The summed E-state index contributed by atoms with van der Waals surface area (Å²) in [6.45, 7) is 5.58. The van der Waals surface area contributed by atoms with Crippen molar-refractivity contribution in [2.24, 2.45) is 0 Å². The first kappa shape index (κ1) is 13.7. The van der Waals surface area contributed by atoms with Crippen LogP contribution in [0.25, 0.3) is 0 Å². The standard InChI is InChI=1S/C14H21NO2/c1-11(12-9-7-6-8-10-12)15(4)13(16)14(2,3)17-5/h6-11H,1-5H3. The van der Waals surface area contributed by atoms with Crippen LogP contribution < -0.4 is 0 Å². The van der Waals surface area contributed by atoms with Gasteiger partial charge in [-0.25, -0.2) is 0 Å². The molecule has 0 aliphatic heterocycles. The van der Waals surface area contributed by atoms with E-state index in [0.717, 1.165) is 5.56 Å². The van der Waals surface area contributed by atoms with Gasteiger partial charge in [0.2, 0.25) is 0 Å². The van der Waals surface area contributed by atoms with Crippen molar-refractivity contribution in [3.8, 4) is 0 Å². The quantitative estimate of drug-likeness (QED) is 0.803. The minimum Gasteiger partial charge on any atom is -0.369 e. The van der Waals surface area contributed by atoms with Crippen molar-refractivity contribution in [2.75, 3.05) is 14.2 Å². The fourth-order valence-corrected chi connectivity index (χ4v) is 1.64. The van der Waals surface area contributed by atoms with Crippen LogP contribution >= 0.6 is 0 Å². The fraction of sp³-hybridized carbons (Fsp3) is 0.500. The van der Waals surface area contributed by atoms with Crippen LogP contribution in [0, 0.1) is 0 Å². The highest BCUT2D eigenvalue weighted by Crippen LogP contribution is 2.22. The molecule has 3 heteroatoms. The Morgan fingerprint density at radius 2 is 1.82 bits per heavy atom. The lowest BCUT2D eigenvalue weighted by Crippen LogP contribution is -2.45. The maximum Gasteiger partial charge on any atom is 0.254 e. The van der Waals surface area contributed by atoms with E-state index in [1.807, 2.05) is 37.3 Å². The Bertz CT molecular complexity index is 373. The molecule has 0 aromatic heterocycles. The molecule has 0 aliphatic rings. The Balaban J connectivity index is 2.84. The first-order valence-electron chi connectivity index (χ1n) is 5.77. The van der Waals surface area contributed by atoms with Crippen LogP contribution in [-0.4, -0.2) is 30.6 Å². The summed E-state index contributed by atoms with van der Waals surface area (Å²) in [7, 11) is 3.36.